The first-order valence-electron chi connectivity index (χ1n) is 8.58. The zero-order chi connectivity index (χ0) is 17.4. The molecule has 1 amide bonds. The van der Waals surface area contributed by atoms with E-state index in [0.29, 0.717) is 23.9 Å². The van der Waals surface area contributed by atoms with Gasteiger partial charge in [0.2, 0.25) is 0 Å². The quantitative estimate of drug-likeness (QED) is 0.799. The molecular formula is C19H21N5O. The van der Waals surface area contributed by atoms with Crippen molar-refractivity contribution in [2.45, 2.75) is 26.4 Å². The van der Waals surface area contributed by atoms with Crippen molar-refractivity contribution in [3.05, 3.63) is 60.2 Å². The van der Waals surface area contributed by atoms with Crippen molar-refractivity contribution in [1.82, 2.24) is 24.6 Å². The maximum absolute atomic E-state index is 13.1. The Morgan fingerprint density at radius 3 is 2.84 bits per heavy atom. The molecule has 0 radical (unpaired) electrons. The normalized spacial score (nSPS) is 16.9. The highest BCUT2D eigenvalue weighted by Crippen LogP contribution is 2.33. The molecule has 0 saturated heterocycles. The molecule has 1 atom stereocenters. The number of carbonyl (C=O) groups is 1. The zero-order valence-electron chi connectivity index (χ0n) is 14.4. The Hall–Kier alpha value is -2.89. The summed E-state index contributed by atoms with van der Waals surface area (Å²) in [6, 6.07) is 11.7. The second-order valence-corrected chi connectivity index (χ2v) is 6.70. The van der Waals surface area contributed by atoms with Crippen LogP contribution in [0.1, 0.15) is 36.1 Å². The summed E-state index contributed by atoms with van der Waals surface area (Å²) in [6.07, 6.45) is 3.81. The van der Waals surface area contributed by atoms with Gasteiger partial charge in [-0.05, 0) is 36.2 Å². The monoisotopic (exact) mass is 335 g/mol. The molecular weight excluding hydrogens is 314 g/mol. The number of carbonyl (C=O) groups excluding carboxylic acids is 1. The molecule has 4 heterocycles. The molecule has 0 aliphatic carbocycles. The Balaban J connectivity index is 1.64. The van der Waals surface area contributed by atoms with E-state index in [1.165, 1.54) is 5.69 Å². The topological polar surface area (TPSA) is 66.8 Å². The standard InChI is InChI=1S/C19H21N5O/c1-13(2)18-17-7-5-9-23(17)10-11-24(18)19(25)16-12-15(21-22-16)14-6-3-4-8-20-14/h3-9,12-13,18H,10-11H2,1-2H3,(H,21,22)/t18-/m0/s1. The van der Waals surface area contributed by atoms with Gasteiger partial charge in [-0.25, -0.2) is 0 Å². The van der Waals surface area contributed by atoms with Crippen LogP contribution in [0.15, 0.2) is 48.8 Å². The van der Waals surface area contributed by atoms with Crippen molar-refractivity contribution < 1.29 is 4.79 Å². The molecule has 1 aliphatic heterocycles. The lowest BCUT2D eigenvalue weighted by Crippen LogP contribution is -2.44. The molecule has 1 aliphatic rings. The summed E-state index contributed by atoms with van der Waals surface area (Å²) < 4.78 is 2.24. The number of aromatic nitrogens is 4. The zero-order valence-corrected chi connectivity index (χ0v) is 14.4. The number of amides is 1. The largest absolute Gasteiger partial charge is 0.348 e. The highest BCUT2D eigenvalue weighted by atomic mass is 16.2. The molecule has 0 aromatic carbocycles. The van der Waals surface area contributed by atoms with Crippen LogP contribution in [0.2, 0.25) is 0 Å². The lowest BCUT2D eigenvalue weighted by Gasteiger charge is -2.39. The average molecular weight is 335 g/mol. The van der Waals surface area contributed by atoms with Gasteiger partial charge in [0.05, 0.1) is 11.7 Å². The predicted molar refractivity (Wildman–Crippen MR) is 94.9 cm³/mol. The first-order valence-corrected chi connectivity index (χ1v) is 8.58. The van der Waals surface area contributed by atoms with E-state index in [2.05, 4.69) is 45.9 Å². The molecule has 0 spiro atoms. The average Bonchev–Trinajstić information content (AvgIpc) is 3.30. The molecule has 1 N–H and O–H groups in total. The van der Waals surface area contributed by atoms with Gasteiger partial charge in [-0.3, -0.25) is 14.9 Å². The number of hydrogen-bond acceptors (Lipinski definition) is 3. The van der Waals surface area contributed by atoms with Gasteiger partial charge in [-0.2, -0.15) is 5.10 Å². The second-order valence-electron chi connectivity index (χ2n) is 6.70. The van der Waals surface area contributed by atoms with Crippen LogP contribution in [-0.4, -0.2) is 37.1 Å². The van der Waals surface area contributed by atoms with E-state index in [0.717, 1.165) is 12.2 Å². The minimum atomic E-state index is -0.0131. The summed E-state index contributed by atoms with van der Waals surface area (Å²) >= 11 is 0. The van der Waals surface area contributed by atoms with E-state index in [4.69, 9.17) is 0 Å². The molecule has 0 saturated carbocycles. The van der Waals surface area contributed by atoms with Crippen LogP contribution >= 0.6 is 0 Å². The third-order valence-electron chi connectivity index (χ3n) is 4.71. The minimum Gasteiger partial charge on any atom is -0.348 e. The summed E-state index contributed by atoms with van der Waals surface area (Å²) in [6.45, 7) is 5.82. The van der Waals surface area contributed by atoms with Crippen molar-refractivity contribution in [2.75, 3.05) is 6.54 Å². The van der Waals surface area contributed by atoms with E-state index in [1.54, 1.807) is 12.3 Å². The summed E-state index contributed by atoms with van der Waals surface area (Å²) in [5.41, 5.74) is 3.14. The highest BCUT2D eigenvalue weighted by molar-refractivity contribution is 5.93. The Kier molecular flexibility index (Phi) is 3.87. The maximum atomic E-state index is 13.1. The Morgan fingerprint density at radius 2 is 2.08 bits per heavy atom. The summed E-state index contributed by atoms with van der Waals surface area (Å²) in [7, 11) is 0. The van der Waals surface area contributed by atoms with Crippen LogP contribution in [0.25, 0.3) is 11.4 Å². The minimum absolute atomic E-state index is 0.0131. The van der Waals surface area contributed by atoms with Crippen molar-refractivity contribution in [3.63, 3.8) is 0 Å². The van der Waals surface area contributed by atoms with Crippen LogP contribution < -0.4 is 0 Å². The second kappa shape index (κ2) is 6.20. The molecule has 0 fully saturated rings. The summed E-state index contributed by atoms with van der Waals surface area (Å²) in [4.78, 5) is 19.4. The van der Waals surface area contributed by atoms with Gasteiger partial charge in [-0.15, -0.1) is 0 Å². The van der Waals surface area contributed by atoms with Crippen molar-refractivity contribution in [3.8, 4) is 11.4 Å². The van der Waals surface area contributed by atoms with Gasteiger partial charge in [0, 0.05) is 31.2 Å². The van der Waals surface area contributed by atoms with Gasteiger partial charge in [0.25, 0.3) is 5.91 Å². The number of pyridine rings is 1. The van der Waals surface area contributed by atoms with E-state index < -0.39 is 0 Å². The fourth-order valence-corrected chi connectivity index (χ4v) is 3.57. The van der Waals surface area contributed by atoms with Crippen LogP contribution in [0, 0.1) is 5.92 Å². The third kappa shape index (κ3) is 2.73. The molecule has 128 valence electrons. The molecule has 0 bridgehead atoms. The van der Waals surface area contributed by atoms with Gasteiger partial charge < -0.3 is 9.47 Å². The molecule has 6 nitrogen and oxygen atoms in total. The van der Waals surface area contributed by atoms with E-state index in [1.807, 2.05) is 29.2 Å². The Morgan fingerprint density at radius 1 is 1.20 bits per heavy atom. The van der Waals surface area contributed by atoms with Crippen LogP contribution in [0.5, 0.6) is 0 Å². The number of nitrogens with zero attached hydrogens (tertiary/aromatic N) is 4. The SMILES string of the molecule is CC(C)[C@H]1c2cccn2CCN1C(=O)c1cc(-c2ccccn2)n[nH]1. The van der Waals surface area contributed by atoms with Crippen molar-refractivity contribution >= 4 is 5.91 Å². The molecule has 0 unspecified atom stereocenters. The van der Waals surface area contributed by atoms with Crippen molar-refractivity contribution in [1.29, 1.82) is 0 Å². The molecule has 25 heavy (non-hydrogen) atoms. The van der Waals surface area contributed by atoms with E-state index in [-0.39, 0.29) is 11.9 Å². The lowest BCUT2D eigenvalue weighted by molar-refractivity contribution is 0.0550. The van der Waals surface area contributed by atoms with E-state index >= 15 is 0 Å². The summed E-state index contributed by atoms with van der Waals surface area (Å²) in [5.74, 6) is 0.317. The van der Waals surface area contributed by atoms with Gasteiger partial charge in [0.15, 0.2) is 0 Å². The van der Waals surface area contributed by atoms with Crippen molar-refractivity contribution in [2.24, 2.45) is 5.92 Å². The number of hydrogen-bond donors (Lipinski definition) is 1. The maximum Gasteiger partial charge on any atom is 0.272 e. The number of nitrogens with one attached hydrogen (secondary N) is 1. The smallest absolute Gasteiger partial charge is 0.272 e. The number of aromatic amines is 1. The first kappa shape index (κ1) is 15.6. The highest BCUT2D eigenvalue weighted by Gasteiger charge is 2.34. The van der Waals surface area contributed by atoms with Crippen LogP contribution in [-0.2, 0) is 6.54 Å². The number of H-pyrrole nitrogens is 1. The predicted octanol–water partition coefficient (Wildman–Crippen LogP) is 3.13. The molecule has 3 aromatic heterocycles. The first-order chi connectivity index (χ1) is 12.1. The van der Waals surface area contributed by atoms with Gasteiger partial charge >= 0.3 is 0 Å². The Bertz CT molecular complexity index is 880. The van der Waals surface area contributed by atoms with Crippen LogP contribution in [0.3, 0.4) is 0 Å². The lowest BCUT2D eigenvalue weighted by atomic mass is 9.96. The molecule has 4 rings (SSSR count). The van der Waals surface area contributed by atoms with E-state index in [9.17, 15) is 4.79 Å². The summed E-state index contributed by atoms with van der Waals surface area (Å²) in [5, 5.41) is 7.16. The Labute approximate surface area is 146 Å². The van der Waals surface area contributed by atoms with Gasteiger partial charge in [0.1, 0.15) is 11.4 Å². The van der Waals surface area contributed by atoms with Gasteiger partial charge in [-0.1, -0.05) is 19.9 Å². The molecule has 3 aromatic rings. The molecule has 6 heteroatoms. The fraction of sp³-hybridized carbons (Fsp3) is 0.316. The number of fused-ring (bicyclic) bond motifs is 1. The fourth-order valence-electron chi connectivity index (χ4n) is 3.57. The number of rotatable bonds is 3. The van der Waals surface area contributed by atoms with Crippen LogP contribution in [0.4, 0.5) is 0 Å². The third-order valence-corrected chi connectivity index (χ3v) is 4.71.